The molecule has 0 saturated carbocycles. The Morgan fingerprint density at radius 2 is 1.00 bits per heavy atom. The third-order valence-electron chi connectivity index (χ3n) is 4.79. The lowest BCUT2D eigenvalue weighted by molar-refractivity contribution is 0.457. The summed E-state index contributed by atoms with van der Waals surface area (Å²) in [5.74, 6) is 0. The van der Waals surface area contributed by atoms with Crippen molar-refractivity contribution in [3.8, 4) is 0 Å². The fourth-order valence-corrected chi connectivity index (χ4v) is 11.2. The summed E-state index contributed by atoms with van der Waals surface area (Å²) in [5.41, 5.74) is 0. The number of rotatable bonds is 8. The maximum atomic E-state index is 15.1. The Labute approximate surface area is 180 Å². The molecule has 3 aromatic rings. The zero-order valence-electron chi connectivity index (χ0n) is 18.0. The topological polar surface area (TPSA) is 49.4 Å². The van der Waals surface area contributed by atoms with Crippen molar-refractivity contribution >= 4 is 30.6 Å². The fourth-order valence-electron chi connectivity index (χ4n) is 3.71. The average Bonchev–Trinajstić information content (AvgIpc) is 2.74. The van der Waals surface area contributed by atoms with Crippen molar-refractivity contribution in [1.82, 2.24) is 9.53 Å². The van der Waals surface area contributed by atoms with Crippen molar-refractivity contribution in [2.45, 2.75) is 39.8 Å². The van der Waals surface area contributed by atoms with Crippen LogP contribution in [0.5, 0.6) is 0 Å². The van der Waals surface area contributed by atoms with E-state index < -0.39 is 14.7 Å². The summed E-state index contributed by atoms with van der Waals surface area (Å²) < 4.78 is 31.6. The lowest BCUT2D eigenvalue weighted by Gasteiger charge is -2.41. The highest BCUT2D eigenvalue weighted by molar-refractivity contribution is 7.86. The van der Waals surface area contributed by atoms with Gasteiger partial charge >= 0.3 is 0 Å². The third-order valence-corrected chi connectivity index (χ3v) is 12.2. The minimum Gasteiger partial charge on any atom is -0.296 e. The predicted molar refractivity (Wildman–Crippen MR) is 129 cm³/mol. The minimum atomic E-state index is -3.43. The molecule has 0 bridgehead atoms. The van der Waals surface area contributed by atoms with E-state index in [4.69, 9.17) is 0 Å². The molecule has 0 amide bonds. The molecule has 30 heavy (non-hydrogen) atoms. The molecule has 0 aliphatic rings. The van der Waals surface area contributed by atoms with Gasteiger partial charge in [-0.15, -0.1) is 0 Å². The van der Waals surface area contributed by atoms with Crippen LogP contribution in [0.25, 0.3) is 0 Å². The van der Waals surface area contributed by atoms with E-state index >= 15 is 4.57 Å². The first kappa shape index (κ1) is 22.7. The van der Waals surface area contributed by atoms with Crippen molar-refractivity contribution in [3.63, 3.8) is 0 Å². The largest absolute Gasteiger partial charge is 0.296 e. The summed E-state index contributed by atoms with van der Waals surface area (Å²) in [6.07, 6.45) is 0. The van der Waals surface area contributed by atoms with Gasteiger partial charge in [-0.3, -0.25) is 9.13 Å². The highest BCUT2D eigenvalue weighted by Gasteiger charge is 2.47. The van der Waals surface area contributed by atoms with Crippen LogP contribution in [0.1, 0.15) is 27.7 Å². The SMILES string of the molecule is CC(C)NP(=O)(c1ccccc1)N(C(C)C)P(=O)(c1ccccc1)c1ccccc1. The van der Waals surface area contributed by atoms with E-state index in [1.807, 2.05) is 119 Å². The smallest absolute Gasteiger partial charge is 0.249 e. The molecular formula is C24H30N2O2P2. The van der Waals surface area contributed by atoms with Gasteiger partial charge in [-0.2, -0.15) is 4.44 Å². The Morgan fingerprint density at radius 1 is 0.633 bits per heavy atom. The highest BCUT2D eigenvalue weighted by Crippen LogP contribution is 2.64. The van der Waals surface area contributed by atoms with Gasteiger partial charge in [0.1, 0.15) is 0 Å². The van der Waals surface area contributed by atoms with Gasteiger partial charge in [0.05, 0.1) is 0 Å². The lowest BCUT2D eigenvalue weighted by Crippen LogP contribution is -2.42. The van der Waals surface area contributed by atoms with Crippen molar-refractivity contribution in [2.24, 2.45) is 0 Å². The van der Waals surface area contributed by atoms with E-state index in [0.29, 0.717) is 15.9 Å². The van der Waals surface area contributed by atoms with Gasteiger partial charge in [0.15, 0.2) is 0 Å². The number of benzene rings is 3. The minimum absolute atomic E-state index is 0.0581. The molecule has 0 aliphatic carbocycles. The monoisotopic (exact) mass is 440 g/mol. The van der Waals surface area contributed by atoms with Gasteiger partial charge in [-0.25, -0.2) is 5.09 Å². The van der Waals surface area contributed by atoms with E-state index in [0.717, 1.165) is 0 Å². The number of nitrogens with one attached hydrogen (secondary N) is 1. The van der Waals surface area contributed by atoms with E-state index in [2.05, 4.69) is 5.09 Å². The second kappa shape index (κ2) is 9.45. The van der Waals surface area contributed by atoms with Crippen molar-refractivity contribution < 1.29 is 9.13 Å². The van der Waals surface area contributed by atoms with Crippen molar-refractivity contribution in [3.05, 3.63) is 91.0 Å². The molecule has 0 aromatic heterocycles. The van der Waals surface area contributed by atoms with Crippen LogP contribution in [0, 0.1) is 0 Å². The molecule has 6 heteroatoms. The predicted octanol–water partition coefficient (Wildman–Crippen LogP) is 5.14. The quantitative estimate of drug-likeness (QED) is 0.493. The molecule has 0 heterocycles. The van der Waals surface area contributed by atoms with Crippen LogP contribution >= 0.6 is 14.7 Å². The van der Waals surface area contributed by atoms with E-state index in [9.17, 15) is 4.57 Å². The molecule has 3 aromatic carbocycles. The van der Waals surface area contributed by atoms with Gasteiger partial charge < -0.3 is 0 Å². The Kier molecular flexibility index (Phi) is 7.16. The third kappa shape index (κ3) is 4.38. The zero-order valence-corrected chi connectivity index (χ0v) is 19.8. The molecule has 0 radical (unpaired) electrons. The second-order valence-electron chi connectivity index (χ2n) is 7.86. The van der Waals surface area contributed by atoms with Crippen LogP contribution in [-0.4, -0.2) is 16.5 Å². The summed E-state index contributed by atoms with van der Waals surface area (Å²) in [7, 11) is -6.85. The molecule has 0 spiro atoms. The second-order valence-corrected chi connectivity index (χ2v) is 13.1. The van der Waals surface area contributed by atoms with Gasteiger partial charge in [-0.05, 0) is 64.1 Å². The van der Waals surface area contributed by atoms with E-state index in [1.165, 1.54) is 0 Å². The van der Waals surface area contributed by atoms with Gasteiger partial charge in [-0.1, -0.05) is 54.6 Å². The number of nitrogens with zero attached hydrogens (tertiary/aromatic N) is 1. The molecule has 158 valence electrons. The molecule has 1 atom stereocenters. The summed E-state index contributed by atoms with van der Waals surface area (Å²) in [6, 6.07) is 27.9. The lowest BCUT2D eigenvalue weighted by atomic mass is 10.4. The molecule has 0 fully saturated rings. The first-order valence-corrected chi connectivity index (χ1v) is 13.6. The Balaban J connectivity index is 2.35. The Hall–Kier alpha value is -1.96. The number of hydrogen-bond donors (Lipinski definition) is 1. The zero-order chi connectivity index (χ0) is 21.8. The standard InChI is InChI=1S/C24H30N2O2P2/c1-20(2)25-30(28,24-18-12-7-13-19-24)26(21(3)4)29(27,22-14-8-5-9-15-22)23-16-10-6-11-17-23/h5-21H,1-4H3,(H,25,28). The molecular weight excluding hydrogens is 410 g/mol. The highest BCUT2D eigenvalue weighted by atomic mass is 31.2. The van der Waals surface area contributed by atoms with E-state index in [1.54, 1.807) is 4.44 Å². The molecule has 3 rings (SSSR count). The van der Waals surface area contributed by atoms with Crippen LogP contribution < -0.4 is 21.0 Å². The van der Waals surface area contributed by atoms with Gasteiger partial charge in [0.2, 0.25) is 14.7 Å². The van der Waals surface area contributed by atoms with Crippen molar-refractivity contribution in [1.29, 1.82) is 0 Å². The average molecular weight is 440 g/mol. The Bertz CT molecular complexity index is 995. The van der Waals surface area contributed by atoms with Gasteiger partial charge in [0.25, 0.3) is 0 Å². The molecule has 0 aliphatic heterocycles. The van der Waals surface area contributed by atoms with Crippen molar-refractivity contribution in [2.75, 3.05) is 0 Å². The first-order valence-electron chi connectivity index (χ1n) is 10.2. The molecule has 1 N–H and O–H groups in total. The van der Waals surface area contributed by atoms with E-state index in [-0.39, 0.29) is 12.1 Å². The first-order chi connectivity index (χ1) is 14.3. The summed E-state index contributed by atoms with van der Waals surface area (Å²) in [6.45, 7) is 7.83. The number of hydrogen-bond acceptors (Lipinski definition) is 2. The van der Waals surface area contributed by atoms with Crippen LogP contribution in [0.2, 0.25) is 0 Å². The molecule has 0 saturated heterocycles. The summed E-state index contributed by atoms with van der Waals surface area (Å²) >= 11 is 0. The summed E-state index contributed by atoms with van der Waals surface area (Å²) in [4.78, 5) is 0. The maximum Gasteiger partial charge on any atom is 0.249 e. The van der Waals surface area contributed by atoms with Crippen LogP contribution in [0.4, 0.5) is 0 Å². The maximum absolute atomic E-state index is 15.1. The molecule has 1 unspecified atom stereocenters. The fraction of sp³-hybridized carbons (Fsp3) is 0.250. The molecule has 4 nitrogen and oxygen atoms in total. The van der Waals surface area contributed by atoms with Crippen LogP contribution in [0.3, 0.4) is 0 Å². The Morgan fingerprint density at radius 3 is 1.33 bits per heavy atom. The normalized spacial score (nSPS) is 14.2. The summed E-state index contributed by atoms with van der Waals surface area (Å²) in [5, 5.41) is 5.31. The van der Waals surface area contributed by atoms with Crippen LogP contribution in [0.15, 0.2) is 91.0 Å². The van der Waals surface area contributed by atoms with Crippen LogP contribution in [-0.2, 0) is 9.13 Å². The van der Waals surface area contributed by atoms with Gasteiger partial charge in [0, 0.05) is 28.0 Å².